The quantitative estimate of drug-likeness (QED) is 0.552. The summed E-state index contributed by atoms with van der Waals surface area (Å²) in [6.07, 6.45) is 3.99. The Bertz CT molecular complexity index is 1070. The van der Waals surface area contributed by atoms with Gasteiger partial charge in [-0.1, -0.05) is 23.7 Å². The van der Waals surface area contributed by atoms with Crippen molar-refractivity contribution in [3.05, 3.63) is 58.1 Å². The molecule has 0 unspecified atom stereocenters. The summed E-state index contributed by atoms with van der Waals surface area (Å²) >= 11 is 6.14. The van der Waals surface area contributed by atoms with E-state index in [0.717, 1.165) is 5.56 Å². The number of benzene rings is 1. The van der Waals surface area contributed by atoms with Gasteiger partial charge in [0.1, 0.15) is 17.8 Å². The van der Waals surface area contributed by atoms with Crippen molar-refractivity contribution in [2.45, 2.75) is 32.9 Å². The van der Waals surface area contributed by atoms with Crippen molar-refractivity contribution >= 4 is 23.0 Å². The highest BCUT2D eigenvalue weighted by Crippen LogP contribution is 2.24. The molecule has 2 heterocycles. The smallest absolute Gasteiger partial charge is 0.275 e. The zero-order valence-corrected chi connectivity index (χ0v) is 17.1. The van der Waals surface area contributed by atoms with Crippen LogP contribution in [0.15, 0.2) is 47.5 Å². The van der Waals surface area contributed by atoms with Gasteiger partial charge in [-0.05, 0) is 26.0 Å². The average Bonchev–Trinajstić information content (AvgIpc) is 3.07. The number of hydrogen-bond donors (Lipinski definition) is 2. The molecule has 2 N–H and O–H groups in total. The van der Waals surface area contributed by atoms with E-state index in [2.05, 4.69) is 5.32 Å². The Labute approximate surface area is 173 Å². The number of carbonyl (C=O) groups is 1. The third-order valence-corrected chi connectivity index (χ3v) is 4.52. The van der Waals surface area contributed by atoms with Gasteiger partial charge in [-0.3, -0.25) is 14.2 Å². The highest BCUT2D eigenvalue weighted by molar-refractivity contribution is 6.30. The van der Waals surface area contributed by atoms with Crippen molar-refractivity contribution in [2.24, 2.45) is 0 Å². The number of ether oxygens (including phenoxy) is 1. The summed E-state index contributed by atoms with van der Waals surface area (Å²) in [5.74, 6) is 0.276. The Kier molecular flexibility index (Phi) is 6.61. The predicted octanol–water partition coefficient (Wildman–Crippen LogP) is 2.71. The summed E-state index contributed by atoms with van der Waals surface area (Å²) in [4.78, 5) is 25.6. The molecule has 29 heavy (non-hydrogen) atoms. The second-order valence-corrected chi connectivity index (χ2v) is 7.47. The monoisotopic (exact) mass is 417 g/mol. The van der Waals surface area contributed by atoms with Crippen LogP contribution in [-0.2, 0) is 11.3 Å². The number of nitrogens with one attached hydrogen (secondary N) is 1. The molecule has 154 valence electrons. The summed E-state index contributed by atoms with van der Waals surface area (Å²) in [5, 5.41) is 12.3. The van der Waals surface area contributed by atoms with Crippen LogP contribution in [0.3, 0.4) is 0 Å². The molecule has 8 heteroatoms. The van der Waals surface area contributed by atoms with E-state index in [1.807, 2.05) is 19.9 Å². The summed E-state index contributed by atoms with van der Waals surface area (Å²) in [6.45, 7) is 4.00. The van der Waals surface area contributed by atoms with Crippen LogP contribution in [0.1, 0.15) is 20.3 Å². The fourth-order valence-electron chi connectivity index (χ4n) is 3.06. The zero-order chi connectivity index (χ0) is 21.0. The first-order chi connectivity index (χ1) is 13.9. The summed E-state index contributed by atoms with van der Waals surface area (Å²) in [6, 6.07) is 8.74. The second kappa shape index (κ2) is 9.15. The van der Waals surface area contributed by atoms with Gasteiger partial charge in [-0.2, -0.15) is 0 Å². The standard InChI is InChI=1S/C21H24ClN3O4/c1-14(2)23-20(27)13-25-19(15-5-3-6-16(22)9-15)12-24-11-17(29-8-4-7-26)10-18(24)21(25)28/h3,5-6,9-12,14,26H,4,7-8,13H2,1-2H3,(H,23,27). The number of halogens is 1. The first-order valence-electron chi connectivity index (χ1n) is 9.43. The molecule has 1 aromatic carbocycles. The summed E-state index contributed by atoms with van der Waals surface area (Å²) in [7, 11) is 0. The molecule has 0 radical (unpaired) electrons. The molecule has 0 bridgehead atoms. The number of aromatic nitrogens is 2. The number of fused-ring (bicyclic) bond motifs is 1. The fourth-order valence-corrected chi connectivity index (χ4v) is 3.25. The van der Waals surface area contributed by atoms with Gasteiger partial charge in [0.2, 0.25) is 5.91 Å². The normalized spacial score (nSPS) is 11.2. The van der Waals surface area contributed by atoms with E-state index in [1.54, 1.807) is 41.1 Å². The van der Waals surface area contributed by atoms with E-state index in [0.29, 0.717) is 35.0 Å². The van der Waals surface area contributed by atoms with Crippen LogP contribution in [0.25, 0.3) is 16.8 Å². The second-order valence-electron chi connectivity index (χ2n) is 7.03. The van der Waals surface area contributed by atoms with Gasteiger partial charge in [0.05, 0.1) is 18.5 Å². The maximum atomic E-state index is 13.2. The minimum atomic E-state index is -0.307. The average molecular weight is 418 g/mol. The molecular weight excluding hydrogens is 394 g/mol. The topological polar surface area (TPSA) is 85.0 Å². The third kappa shape index (κ3) is 4.99. The van der Waals surface area contributed by atoms with Crippen LogP contribution in [0, 0.1) is 0 Å². The maximum Gasteiger partial charge on any atom is 0.275 e. The lowest BCUT2D eigenvalue weighted by atomic mass is 10.1. The van der Waals surface area contributed by atoms with Gasteiger partial charge in [0, 0.05) is 41.9 Å². The Morgan fingerprint density at radius 1 is 1.28 bits per heavy atom. The summed E-state index contributed by atoms with van der Waals surface area (Å²) in [5.41, 5.74) is 1.39. The predicted molar refractivity (Wildman–Crippen MR) is 113 cm³/mol. The molecule has 0 aliphatic heterocycles. The van der Waals surface area contributed by atoms with Crippen molar-refractivity contribution in [1.29, 1.82) is 0 Å². The molecule has 0 aliphatic rings. The Morgan fingerprint density at radius 2 is 2.07 bits per heavy atom. The van der Waals surface area contributed by atoms with E-state index in [1.165, 1.54) is 4.57 Å². The van der Waals surface area contributed by atoms with Gasteiger partial charge in [0.25, 0.3) is 5.56 Å². The Morgan fingerprint density at radius 3 is 2.76 bits per heavy atom. The van der Waals surface area contributed by atoms with Gasteiger partial charge in [0.15, 0.2) is 0 Å². The molecule has 2 aromatic heterocycles. The number of amides is 1. The molecule has 3 rings (SSSR count). The van der Waals surface area contributed by atoms with Crippen molar-refractivity contribution in [3.63, 3.8) is 0 Å². The van der Waals surface area contributed by atoms with Gasteiger partial charge >= 0.3 is 0 Å². The van der Waals surface area contributed by atoms with E-state index in [4.69, 9.17) is 21.4 Å². The number of aliphatic hydroxyl groups is 1. The van der Waals surface area contributed by atoms with Gasteiger partial charge in [-0.15, -0.1) is 0 Å². The molecule has 0 aliphatic carbocycles. The molecule has 1 amide bonds. The van der Waals surface area contributed by atoms with Crippen LogP contribution < -0.4 is 15.6 Å². The van der Waals surface area contributed by atoms with Gasteiger partial charge in [-0.25, -0.2) is 0 Å². The van der Waals surface area contributed by atoms with Gasteiger partial charge < -0.3 is 19.6 Å². The molecule has 0 saturated carbocycles. The minimum absolute atomic E-state index is 0.0311. The van der Waals surface area contributed by atoms with Crippen LogP contribution in [0.4, 0.5) is 0 Å². The largest absolute Gasteiger partial charge is 0.492 e. The van der Waals surface area contributed by atoms with E-state index < -0.39 is 0 Å². The number of carbonyl (C=O) groups excluding carboxylic acids is 1. The summed E-state index contributed by atoms with van der Waals surface area (Å²) < 4.78 is 8.72. The van der Waals surface area contributed by atoms with Crippen LogP contribution in [0.2, 0.25) is 5.02 Å². The lowest BCUT2D eigenvalue weighted by molar-refractivity contribution is -0.122. The van der Waals surface area contributed by atoms with Crippen molar-refractivity contribution in [2.75, 3.05) is 13.2 Å². The first kappa shape index (κ1) is 21.0. The SMILES string of the molecule is CC(C)NC(=O)Cn1c(-c2cccc(Cl)c2)cn2cc(OCCCO)cc2c1=O. The minimum Gasteiger partial charge on any atom is -0.492 e. The Hall–Kier alpha value is -2.77. The highest BCUT2D eigenvalue weighted by Gasteiger charge is 2.16. The molecular formula is C21H24ClN3O4. The highest BCUT2D eigenvalue weighted by atomic mass is 35.5. The van der Waals surface area contributed by atoms with Crippen LogP contribution >= 0.6 is 11.6 Å². The van der Waals surface area contributed by atoms with Crippen molar-refractivity contribution in [3.8, 4) is 17.0 Å². The molecule has 3 aromatic rings. The lowest BCUT2D eigenvalue weighted by Crippen LogP contribution is -2.36. The third-order valence-electron chi connectivity index (χ3n) is 4.28. The molecule has 0 saturated heterocycles. The van der Waals surface area contributed by atoms with Crippen LogP contribution in [-0.4, -0.2) is 39.2 Å². The maximum absolute atomic E-state index is 13.2. The van der Waals surface area contributed by atoms with Crippen LogP contribution in [0.5, 0.6) is 5.75 Å². The number of rotatable bonds is 8. The van der Waals surface area contributed by atoms with Crippen molar-refractivity contribution < 1.29 is 14.6 Å². The van der Waals surface area contributed by atoms with E-state index in [-0.39, 0.29) is 30.7 Å². The number of nitrogens with zero attached hydrogens (tertiary/aromatic N) is 2. The lowest BCUT2D eigenvalue weighted by Gasteiger charge is -2.15. The molecule has 0 atom stereocenters. The van der Waals surface area contributed by atoms with E-state index >= 15 is 0 Å². The molecule has 0 spiro atoms. The number of hydrogen-bond acceptors (Lipinski definition) is 4. The molecule has 7 nitrogen and oxygen atoms in total. The Balaban J connectivity index is 2.10. The zero-order valence-electron chi connectivity index (χ0n) is 16.4. The van der Waals surface area contributed by atoms with Crippen molar-refractivity contribution in [1.82, 2.24) is 14.3 Å². The number of aliphatic hydroxyl groups excluding tert-OH is 1. The first-order valence-corrected chi connectivity index (χ1v) is 9.81. The fraction of sp³-hybridized carbons (Fsp3) is 0.333. The molecule has 0 fully saturated rings. The van der Waals surface area contributed by atoms with E-state index in [9.17, 15) is 9.59 Å².